The second kappa shape index (κ2) is 6.15. The maximum absolute atomic E-state index is 11.7. The van der Waals surface area contributed by atoms with Crippen LogP contribution in [0.5, 0.6) is 0 Å². The van der Waals surface area contributed by atoms with Crippen molar-refractivity contribution in [1.29, 1.82) is 0 Å². The summed E-state index contributed by atoms with van der Waals surface area (Å²) in [5.41, 5.74) is -0.0502. The Kier molecular flexibility index (Phi) is 5.34. The number of ketones is 1. The molecule has 0 aromatic heterocycles. The van der Waals surface area contributed by atoms with Crippen LogP contribution in [0.25, 0.3) is 0 Å². The molecular formula is C13H25NO3S. The molecule has 0 aromatic rings. The third-order valence-electron chi connectivity index (χ3n) is 3.40. The van der Waals surface area contributed by atoms with Crippen molar-refractivity contribution in [3.8, 4) is 0 Å². The normalized spacial score (nSPS) is 20.5. The van der Waals surface area contributed by atoms with E-state index in [1.54, 1.807) is 0 Å². The van der Waals surface area contributed by atoms with Gasteiger partial charge in [-0.2, -0.15) is 4.31 Å². The van der Waals surface area contributed by atoms with Gasteiger partial charge in [-0.05, 0) is 11.8 Å². The highest BCUT2D eigenvalue weighted by atomic mass is 32.2. The lowest BCUT2D eigenvalue weighted by molar-refractivity contribution is -0.116. The summed E-state index contributed by atoms with van der Waals surface area (Å²) in [5.74, 6) is -0.490. The Hall–Kier alpha value is -0.420. The monoisotopic (exact) mass is 275 g/mol. The molecule has 0 aromatic carbocycles. The van der Waals surface area contributed by atoms with Gasteiger partial charge in [0.25, 0.3) is 0 Å². The maximum Gasteiger partial charge on any atom is 0.221 e. The summed E-state index contributed by atoms with van der Waals surface area (Å²) in [4.78, 5) is 11.2. The SMILES string of the molecule is CCCCCCC(C)(C)CN1CC(=O)CS1(=O)=O. The molecule has 0 N–H and O–H groups in total. The predicted molar refractivity (Wildman–Crippen MR) is 72.9 cm³/mol. The van der Waals surface area contributed by atoms with E-state index < -0.39 is 10.0 Å². The smallest absolute Gasteiger partial charge is 0.221 e. The van der Waals surface area contributed by atoms with Crippen molar-refractivity contribution in [2.45, 2.75) is 52.9 Å². The second-order valence-corrected chi connectivity index (χ2v) is 8.01. The first-order valence-corrected chi connectivity index (χ1v) is 8.37. The average molecular weight is 275 g/mol. The standard InChI is InChI=1S/C13H25NO3S/c1-4-5-6-7-8-13(2,3)11-14-9-12(15)10-18(14,16)17/h4-11H2,1-3H3. The van der Waals surface area contributed by atoms with Gasteiger partial charge in [0.15, 0.2) is 5.78 Å². The highest BCUT2D eigenvalue weighted by molar-refractivity contribution is 7.90. The number of unbranched alkanes of at least 4 members (excludes halogenated alkanes) is 3. The lowest BCUT2D eigenvalue weighted by Crippen LogP contribution is -2.35. The van der Waals surface area contributed by atoms with Gasteiger partial charge in [-0.15, -0.1) is 0 Å². The van der Waals surface area contributed by atoms with Crippen molar-refractivity contribution < 1.29 is 13.2 Å². The molecule has 1 aliphatic rings. The van der Waals surface area contributed by atoms with Gasteiger partial charge in [0.2, 0.25) is 10.0 Å². The summed E-state index contributed by atoms with van der Waals surface area (Å²) < 4.78 is 24.8. The first-order chi connectivity index (χ1) is 8.27. The zero-order valence-electron chi connectivity index (χ0n) is 11.7. The van der Waals surface area contributed by atoms with Gasteiger partial charge in [0.05, 0.1) is 6.54 Å². The molecule has 0 amide bonds. The molecule has 0 saturated carbocycles. The Morgan fingerprint density at radius 2 is 1.89 bits per heavy atom. The van der Waals surface area contributed by atoms with Crippen molar-refractivity contribution >= 4 is 15.8 Å². The Balaban J connectivity index is 2.47. The van der Waals surface area contributed by atoms with E-state index >= 15 is 0 Å². The van der Waals surface area contributed by atoms with Gasteiger partial charge >= 0.3 is 0 Å². The molecule has 0 atom stereocenters. The molecule has 0 spiro atoms. The van der Waals surface area contributed by atoms with E-state index in [4.69, 9.17) is 0 Å². The first-order valence-electron chi connectivity index (χ1n) is 6.76. The van der Waals surface area contributed by atoms with Gasteiger partial charge in [-0.1, -0.05) is 46.5 Å². The van der Waals surface area contributed by atoms with Crippen LogP contribution in [0.3, 0.4) is 0 Å². The Morgan fingerprint density at radius 3 is 2.39 bits per heavy atom. The number of carbonyl (C=O) groups excluding carboxylic acids is 1. The van der Waals surface area contributed by atoms with E-state index in [0.717, 1.165) is 12.8 Å². The van der Waals surface area contributed by atoms with Crippen LogP contribution in [-0.4, -0.2) is 37.3 Å². The molecule has 0 bridgehead atoms. The number of hydrogen-bond donors (Lipinski definition) is 0. The fourth-order valence-corrected chi connectivity index (χ4v) is 3.94. The number of rotatable bonds is 7. The molecule has 1 aliphatic heterocycles. The molecule has 1 saturated heterocycles. The minimum Gasteiger partial charge on any atom is -0.297 e. The lowest BCUT2D eigenvalue weighted by Gasteiger charge is -2.29. The summed E-state index contributed by atoms with van der Waals surface area (Å²) >= 11 is 0. The van der Waals surface area contributed by atoms with Gasteiger partial charge in [-0.25, -0.2) is 8.42 Å². The number of Topliss-reactive ketones (excluding diaryl/α,β-unsaturated/α-hetero) is 1. The highest BCUT2D eigenvalue weighted by Crippen LogP contribution is 2.27. The van der Waals surface area contributed by atoms with Crippen molar-refractivity contribution in [2.24, 2.45) is 5.41 Å². The summed E-state index contributed by atoms with van der Waals surface area (Å²) in [6.45, 7) is 6.87. The quantitative estimate of drug-likeness (QED) is 0.669. The van der Waals surface area contributed by atoms with Crippen LogP contribution in [0.4, 0.5) is 0 Å². The molecule has 4 nitrogen and oxygen atoms in total. The van der Waals surface area contributed by atoms with E-state index in [1.807, 2.05) is 0 Å². The molecule has 0 radical (unpaired) electrons. The molecule has 5 heteroatoms. The van der Waals surface area contributed by atoms with E-state index in [0.29, 0.717) is 6.54 Å². The van der Waals surface area contributed by atoms with Crippen LogP contribution >= 0.6 is 0 Å². The van der Waals surface area contributed by atoms with Crippen molar-refractivity contribution in [3.63, 3.8) is 0 Å². The second-order valence-electron chi connectivity index (χ2n) is 6.04. The van der Waals surface area contributed by atoms with Crippen LogP contribution in [0.2, 0.25) is 0 Å². The number of sulfonamides is 1. The summed E-state index contributed by atoms with van der Waals surface area (Å²) in [7, 11) is -3.32. The zero-order valence-corrected chi connectivity index (χ0v) is 12.6. The molecule has 106 valence electrons. The van der Waals surface area contributed by atoms with Gasteiger partial charge in [0, 0.05) is 6.54 Å². The van der Waals surface area contributed by atoms with Crippen molar-refractivity contribution in [2.75, 3.05) is 18.8 Å². The third kappa shape index (κ3) is 4.69. The molecule has 1 fully saturated rings. The van der Waals surface area contributed by atoms with Crippen LogP contribution in [0.1, 0.15) is 52.9 Å². The maximum atomic E-state index is 11.7. The molecule has 1 heterocycles. The summed E-state index contributed by atoms with van der Waals surface area (Å²) in [5, 5.41) is 0. The topological polar surface area (TPSA) is 54.5 Å². The zero-order chi connectivity index (χ0) is 13.8. The largest absolute Gasteiger partial charge is 0.297 e. The lowest BCUT2D eigenvalue weighted by atomic mass is 9.86. The van der Waals surface area contributed by atoms with E-state index in [9.17, 15) is 13.2 Å². The van der Waals surface area contributed by atoms with Crippen molar-refractivity contribution in [1.82, 2.24) is 4.31 Å². The van der Waals surface area contributed by atoms with Crippen LogP contribution in [-0.2, 0) is 14.8 Å². The predicted octanol–water partition coefficient (Wildman–Crippen LogP) is 2.20. The number of carbonyl (C=O) groups is 1. The summed E-state index contributed by atoms with van der Waals surface area (Å²) in [6.07, 6.45) is 5.77. The minimum atomic E-state index is -3.32. The molecule has 0 unspecified atom stereocenters. The van der Waals surface area contributed by atoms with E-state index in [1.165, 1.54) is 23.6 Å². The fraction of sp³-hybridized carbons (Fsp3) is 0.923. The van der Waals surface area contributed by atoms with Gasteiger partial charge in [0.1, 0.15) is 5.75 Å². The number of nitrogens with zero attached hydrogens (tertiary/aromatic N) is 1. The van der Waals surface area contributed by atoms with Gasteiger partial charge < -0.3 is 0 Å². The molecule has 1 rings (SSSR count). The minimum absolute atomic E-state index is 0.0502. The summed E-state index contributed by atoms with van der Waals surface area (Å²) in [6, 6.07) is 0. The van der Waals surface area contributed by atoms with Crippen LogP contribution < -0.4 is 0 Å². The highest BCUT2D eigenvalue weighted by Gasteiger charge is 2.37. The Bertz CT molecular complexity index is 387. The number of hydrogen-bond acceptors (Lipinski definition) is 3. The van der Waals surface area contributed by atoms with Crippen LogP contribution in [0, 0.1) is 5.41 Å². The Labute approximate surface area is 111 Å². The third-order valence-corrected chi connectivity index (χ3v) is 5.13. The first kappa shape index (κ1) is 15.6. The fourth-order valence-electron chi connectivity index (χ4n) is 2.38. The van der Waals surface area contributed by atoms with E-state index in [-0.39, 0.29) is 23.5 Å². The average Bonchev–Trinajstić information content (AvgIpc) is 2.46. The van der Waals surface area contributed by atoms with Gasteiger partial charge in [-0.3, -0.25) is 4.79 Å². The molecular weight excluding hydrogens is 250 g/mol. The molecule has 0 aliphatic carbocycles. The van der Waals surface area contributed by atoms with Crippen LogP contribution in [0.15, 0.2) is 0 Å². The van der Waals surface area contributed by atoms with Crippen molar-refractivity contribution in [3.05, 3.63) is 0 Å². The Morgan fingerprint density at radius 1 is 1.22 bits per heavy atom. The van der Waals surface area contributed by atoms with E-state index in [2.05, 4.69) is 20.8 Å². The molecule has 18 heavy (non-hydrogen) atoms.